The van der Waals surface area contributed by atoms with Gasteiger partial charge in [0.2, 0.25) is 4.96 Å². The lowest BCUT2D eigenvalue weighted by atomic mass is 9.78. The molecule has 0 radical (unpaired) electrons. The second-order valence-corrected chi connectivity index (χ2v) is 6.45. The topological polar surface area (TPSA) is 78.3 Å². The predicted molar refractivity (Wildman–Crippen MR) is 72.9 cm³/mol. The summed E-state index contributed by atoms with van der Waals surface area (Å²) in [5.41, 5.74) is 6.26. The molecule has 1 fully saturated rings. The summed E-state index contributed by atoms with van der Waals surface area (Å²) in [6.45, 7) is 2.70. The zero-order valence-corrected chi connectivity index (χ0v) is 12.1. The third-order valence-electron chi connectivity index (χ3n) is 3.92. The number of methoxy groups -OCH3 is 1. The van der Waals surface area contributed by atoms with Crippen molar-refractivity contribution in [3.63, 3.8) is 0 Å². The van der Waals surface area contributed by atoms with Crippen LogP contribution in [0.3, 0.4) is 0 Å². The number of fused-ring (bicyclic) bond motifs is 1. The van der Waals surface area contributed by atoms with E-state index in [4.69, 9.17) is 10.5 Å². The second kappa shape index (κ2) is 4.81. The summed E-state index contributed by atoms with van der Waals surface area (Å²) in [5, 5.41) is 13.8. The van der Waals surface area contributed by atoms with Gasteiger partial charge < -0.3 is 10.5 Å². The lowest BCUT2D eigenvalue weighted by molar-refractivity contribution is 0.175. The van der Waals surface area contributed by atoms with Gasteiger partial charge in [-0.2, -0.15) is 9.61 Å². The Morgan fingerprint density at radius 2 is 2.16 bits per heavy atom. The molecule has 0 aliphatic heterocycles. The largest absolute Gasteiger partial charge is 0.377 e. The molecule has 0 atom stereocenters. The van der Waals surface area contributed by atoms with Crippen LogP contribution in [0.2, 0.25) is 0 Å². The minimum atomic E-state index is -0.289. The van der Waals surface area contributed by atoms with Crippen LogP contribution in [0, 0.1) is 5.92 Å². The molecule has 0 spiro atoms. The first kappa shape index (κ1) is 13.0. The van der Waals surface area contributed by atoms with Gasteiger partial charge in [-0.3, -0.25) is 0 Å². The first-order valence-corrected chi connectivity index (χ1v) is 7.43. The highest BCUT2D eigenvalue weighted by molar-refractivity contribution is 7.16. The summed E-state index contributed by atoms with van der Waals surface area (Å²) >= 11 is 1.55. The zero-order valence-electron chi connectivity index (χ0n) is 11.3. The van der Waals surface area contributed by atoms with E-state index in [0.29, 0.717) is 6.61 Å². The summed E-state index contributed by atoms with van der Waals surface area (Å²) in [6, 6.07) is 0. The fourth-order valence-corrected chi connectivity index (χ4v) is 3.59. The second-order valence-electron chi connectivity index (χ2n) is 5.49. The smallest absolute Gasteiger partial charge is 0.234 e. The molecule has 19 heavy (non-hydrogen) atoms. The predicted octanol–water partition coefficient (Wildman–Crippen LogP) is 1.70. The van der Waals surface area contributed by atoms with Crippen LogP contribution < -0.4 is 5.73 Å². The Morgan fingerprint density at radius 1 is 1.42 bits per heavy atom. The molecule has 0 bridgehead atoms. The number of rotatable bonds is 3. The van der Waals surface area contributed by atoms with E-state index < -0.39 is 0 Å². The van der Waals surface area contributed by atoms with Crippen molar-refractivity contribution in [2.75, 3.05) is 7.11 Å². The average Bonchev–Trinajstić information content (AvgIpc) is 2.96. The SMILES string of the molecule is COCc1nnc2sc(C3(N)CCC(C)CC3)nn12. The van der Waals surface area contributed by atoms with Gasteiger partial charge in [-0.1, -0.05) is 18.3 Å². The molecule has 0 aromatic carbocycles. The van der Waals surface area contributed by atoms with Gasteiger partial charge in [0, 0.05) is 7.11 Å². The van der Waals surface area contributed by atoms with Gasteiger partial charge in [-0.05, 0) is 31.6 Å². The molecule has 7 heteroatoms. The standard InChI is InChI=1S/C12H19N5OS/c1-8-3-5-12(13,6-4-8)10-16-17-9(7-18-2)14-15-11(17)19-10/h8H,3-7,13H2,1-2H3. The molecule has 1 aliphatic carbocycles. The van der Waals surface area contributed by atoms with Crippen LogP contribution in [0.25, 0.3) is 4.96 Å². The minimum Gasteiger partial charge on any atom is -0.377 e. The lowest BCUT2D eigenvalue weighted by Gasteiger charge is -2.33. The van der Waals surface area contributed by atoms with E-state index in [0.717, 1.165) is 34.6 Å². The van der Waals surface area contributed by atoms with E-state index >= 15 is 0 Å². The van der Waals surface area contributed by atoms with Crippen molar-refractivity contribution in [2.24, 2.45) is 11.7 Å². The Labute approximate surface area is 116 Å². The van der Waals surface area contributed by atoms with Crippen LogP contribution in [0.15, 0.2) is 0 Å². The van der Waals surface area contributed by atoms with E-state index in [1.807, 2.05) is 0 Å². The highest BCUT2D eigenvalue weighted by atomic mass is 32.1. The minimum absolute atomic E-state index is 0.289. The third-order valence-corrected chi connectivity index (χ3v) is 5.04. The molecule has 2 aromatic heterocycles. The van der Waals surface area contributed by atoms with Gasteiger partial charge in [0.25, 0.3) is 0 Å². The van der Waals surface area contributed by atoms with Crippen LogP contribution in [0.4, 0.5) is 0 Å². The summed E-state index contributed by atoms with van der Waals surface area (Å²) in [5.74, 6) is 1.50. The van der Waals surface area contributed by atoms with E-state index in [1.54, 1.807) is 23.0 Å². The van der Waals surface area contributed by atoms with Gasteiger partial charge in [0.05, 0.1) is 5.54 Å². The maximum Gasteiger partial charge on any atom is 0.234 e. The fraction of sp³-hybridized carbons (Fsp3) is 0.750. The van der Waals surface area contributed by atoms with Crippen molar-refractivity contribution in [3.05, 3.63) is 10.8 Å². The molecule has 0 unspecified atom stereocenters. The molecule has 1 saturated carbocycles. The molecule has 6 nitrogen and oxygen atoms in total. The molecule has 2 heterocycles. The van der Waals surface area contributed by atoms with E-state index in [9.17, 15) is 0 Å². The van der Waals surface area contributed by atoms with Crippen molar-refractivity contribution in [2.45, 2.75) is 44.8 Å². The van der Waals surface area contributed by atoms with Crippen molar-refractivity contribution in [1.82, 2.24) is 19.8 Å². The van der Waals surface area contributed by atoms with Gasteiger partial charge in [-0.25, -0.2) is 0 Å². The number of nitrogens with two attached hydrogens (primary N) is 1. The first-order chi connectivity index (χ1) is 9.12. The summed E-state index contributed by atoms with van der Waals surface area (Å²) < 4.78 is 6.86. The van der Waals surface area contributed by atoms with Crippen LogP contribution in [-0.4, -0.2) is 26.9 Å². The zero-order chi connectivity index (χ0) is 13.5. The molecule has 0 amide bonds. The lowest BCUT2D eigenvalue weighted by Crippen LogP contribution is -2.40. The van der Waals surface area contributed by atoms with Crippen LogP contribution in [-0.2, 0) is 16.9 Å². The maximum absolute atomic E-state index is 6.54. The van der Waals surface area contributed by atoms with Crippen LogP contribution in [0.1, 0.15) is 43.4 Å². The summed E-state index contributed by atoms with van der Waals surface area (Å²) in [7, 11) is 1.64. The Hall–Kier alpha value is -1.05. The Kier molecular flexibility index (Phi) is 3.28. The highest BCUT2D eigenvalue weighted by Crippen LogP contribution is 2.38. The molecule has 2 N–H and O–H groups in total. The average molecular weight is 281 g/mol. The number of hydrogen-bond acceptors (Lipinski definition) is 6. The van der Waals surface area contributed by atoms with E-state index in [1.165, 1.54) is 12.8 Å². The number of aromatic nitrogens is 4. The molecular weight excluding hydrogens is 262 g/mol. The van der Waals surface area contributed by atoms with Gasteiger partial charge in [0.15, 0.2) is 5.82 Å². The van der Waals surface area contributed by atoms with Crippen molar-refractivity contribution < 1.29 is 4.74 Å². The number of nitrogens with zero attached hydrogens (tertiary/aromatic N) is 4. The van der Waals surface area contributed by atoms with Gasteiger partial charge in [0.1, 0.15) is 11.6 Å². The van der Waals surface area contributed by atoms with Crippen molar-refractivity contribution in [1.29, 1.82) is 0 Å². The molecule has 104 valence electrons. The van der Waals surface area contributed by atoms with E-state index in [2.05, 4.69) is 22.2 Å². The van der Waals surface area contributed by atoms with Crippen LogP contribution >= 0.6 is 11.3 Å². The van der Waals surface area contributed by atoms with Crippen molar-refractivity contribution in [3.8, 4) is 0 Å². The van der Waals surface area contributed by atoms with E-state index in [-0.39, 0.29) is 5.54 Å². The molecule has 2 aromatic rings. The summed E-state index contributed by atoms with van der Waals surface area (Å²) in [4.78, 5) is 0.797. The molecule has 0 saturated heterocycles. The number of ether oxygens (including phenoxy) is 1. The normalized spacial score (nSPS) is 28.1. The quantitative estimate of drug-likeness (QED) is 0.926. The Morgan fingerprint density at radius 3 is 2.84 bits per heavy atom. The maximum atomic E-state index is 6.54. The number of hydrogen-bond donors (Lipinski definition) is 1. The van der Waals surface area contributed by atoms with Crippen molar-refractivity contribution >= 4 is 16.3 Å². The molecule has 3 rings (SSSR count). The first-order valence-electron chi connectivity index (χ1n) is 6.62. The molecule has 1 aliphatic rings. The van der Waals surface area contributed by atoms with Gasteiger partial charge >= 0.3 is 0 Å². The third kappa shape index (κ3) is 2.26. The monoisotopic (exact) mass is 281 g/mol. The Balaban J connectivity index is 1.92. The highest BCUT2D eigenvalue weighted by Gasteiger charge is 2.35. The van der Waals surface area contributed by atoms with Gasteiger partial charge in [-0.15, -0.1) is 10.2 Å². The Bertz CT molecular complexity index is 570. The fourth-order valence-electron chi connectivity index (χ4n) is 2.57. The molecular formula is C12H19N5OS. The summed E-state index contributed by atoms with van der Waals surface area (Å²) in [6.07, 6.45) is 4.33. The van der Waals surface area contributed by atoms with Crippen LogP contribution in [0.5, 0.6) is 0 Å².